The minimum atomic E-state index is -4.54. The third-order valence-electron chi connectivity index (χ3n) is 3.65. The minimum Gasteiger partial charge on any atom is -0.365 e. The van der Waals surface area contributed by atoms with Gasteiger partial charge in [-0.05, 0) is 30.5 Å². The van der Waals surface area contributed by atoms with E-state index < -0.39 is 11.9 Å². The Morgan fingerprint density at radius 1 is 1.26 bits per heavy atom. The Morgan fingerprint density at radius 2 is 1.87 bits per heavy atom. The first-order chi connectivity index (χ1) is 10.7. The molecule has 2 heterocycles. The lowest BCUT2D eigenvalue weighted by Gasteiger charge is -2.36. The molecule has 0 saturated carbocycles. The highest BCUT2D eigenvalue weighted by Gasteiger charge is 2.35. The quantitative estimate of drug-likeness (QED) is 0.803. The van der Waals surface area contributed by atoms with Crippen molar-refractivity contribution in [3.05, 3.63) is 11.8 Å². The van der Waals surface area contributed by atoms with Gasteiger partial charge in [-0.3, -0.25) is 0 Å². The Labute approximate surface area is 138 Å². The van der Waals surface area contributed by atoms with Gasteiger partial charge in [0.1, 0.15) is 5.82 Å². The first-order valence-corrected chi connectivity index (χ1v) is 7.79. The van der Waals surface area contributed by atoms with Crippen LogP contribution in [0.3, 0.4) is 0 Å². The highest BCUT2D eigenvalue weighted by Crippen LogP contribution is 2.32. The van der Waals surface area contributed by atoms with Gasteiger partial charge in [0.15, 0.2) is 10.8 Å². The van der Waals surface area contributed by atoms with E-state index in [0.717, 1.165) is 12.5 Å². The molecule has 1 saturated heterocycles. The average molecular weight is 347 g/mol. The molecule has 1 aromatic heterocycles. The van der Waals surface area contributed by atoms with Crippen LogP contribution in [0.1, 0.15) is 26.0 Å². The number of halogens is 3. The number of alkyl halides is 3. The highest BCUT2D eigenvalue weighted by atomic mass is 32.1. The van der Waals surface area contributed by atoms with Crippen LogP contribution in [0, 0.1) is 11.8 Å². The first kappa shape index (κ1) is 17.7. The average Bonchev–Trinajstić information content (AvgIpc) is 2.44. The number of nitrogens with one attached hydrogen (secondary N) is 2. The third kappa shape index (κ3) is 4.66. The van der Waals surface area contributed by atoms with E-state index in [1.807, 2.05) is 4.90 Å². The number of hydrogen-bond acceptors (Lipinski definition) is 4. The minimum absolute atomic E-state index is 0.153. The van der Waals surface area contributed by atoms with Gasteiger partial charge >= 0.3 is 6.18 Å². The van der Waals surface area contributed by atoms with E-state index in [2.05, 4.69) is 34.4 Å². The summed E-state index contributed by atoms with van der Waals surface area (Å²) in [4.78, 5) is 9.61. The summed E-state index contributed by atoms with van der Waals surface area (Å²) >= 11 is 4.91. The molecule has 0 unspecified atom stereocenters. The largest absolute Gasteiger partial charge is 0.433 e. The van der Waals surface area contributed by atoms with Crippen LogP contribution in [-0.2, 0) is 6.18 Å². The standard InChI is InChI=1S/C14H20F3N5S/c1-8-4-9(2)7-22(6-8)11-5-10(14(15,16)17)19-12(20-11)21-13(23)18-3/h5,8-9H,4,6-7H2,1-3H3,(H2,18,19,20,21,23)/t8-,9-/m1/s1. The SMILES string of the molecule is CNC(=S)Nc1nc(N2C[C@H](C)C[C@@H](C)C2)cc(C(F)(F)F)n1. The smallest absolute Gasteiger partial charge is 0.365 e. The molecule has 5 nitrogen and oxygen atoms in total. The van der Waals surface area contributed by atoms with Gasteiger partial charge in [-0.25, -0.2) is 4.98 Å². The molecule has 1 aliphatic heterocycles. The maximum absolute atomic E-state index is 13.1. The Hall–Kier alpha value is -1.64. The number of thiocarbonyl (C=S) groups is 1. The number of aromatic nitrogens is 2. The molecular weight excluding hydrogens is 327 g/mol. The van der Waals surface area contributed by atoms with Gasteiger partial charge in [0.25, 0.3) is 0 Å². The number of rotatable bonds is 2. The van der Waals surface area contributed by atoms with Crippen molar-refractivity contribution in [1.29, 1.82) is 0 Å². The van der Waals surface area contributed by atoms with Crippen molar-refractivity contribution in [2.75, 3.05) is 30.4 Å². The molecule has 0 radical (unpaired) electrons. The Kier molecular flexibility index (Phi) is 5.28. The van der Waals surface area contributed by atoms with Gasteiger partial charge in [-0.15, -0.1) is 0 Å². The van der Waals surface area contributed by atoms with Gasteiger partial charge in [-0.2, -0.15) is 18.2 Å². The van der Waals surface area contributed by atoms with E-state index in [0.29, 0.717) is 24.9 Å². The lowest BCUT2D eigenvalue weighted by atomic mass is 9.92. The van der Waals surface area contributed by atoms with Crippen molar-refractivity contribution in [2.45, 2.75) is 26.4 Å². The molecule has 0 spiro atoms. The zero-order chi connectivity index (χ0) is 17.2. The van der Waals surface area contributed by atoms with Crippen LogP contribution in [0.5, 0.6) is 0 Å². The van der Waals surface area contributed by atoms with E-state index >= 15 is 0 Å². The van der Waals surface area contributed by atoms with E-state index in [-0.39, 0.29) is 16.9 Å². The lowest BCUT2D eigenvalue weighted by Crippen LogP contribution is -2.39. The summed E-state index contributed by atoms with van der Waals surface area (Å²) in [5, 5.41) is 5.37. The third-order valence-corrected chi connectivity index (χ3v) is 3.95. The van der Waals surface area contributed by atoms with Crippen LogP contribution in [0.15, 0.2) is 6.07 Å². The summed E-state index contributed by atoms with van der Waals surface area (Å²) in [5.74, 6) is 0.919. The van der Waals surface area contributed by atoms with Crippen molar-refractivity contribution in [2.24, 2.45) is 11.8 Å². The van der Waals surface area contributed by atoms with Gasteiger partial charge in [0.2, 0.25) is 5.95 Å². The van der Waals surface area contributed by atoms with Crippen molar-refractivity contribution >= 4 is 29.1 Å². The summed E-state index contributed by atoms with van der Waals surface area (Å²) < 4.78 is 39.3. The predicted molar refractivity (Wildman–Crippen MR) is 87.5 cm³/mol. The second-order valence-electron chi connectivity index (χ2n) is 5.99. The maximum atomic E-state index is 13.1. The normalized spacial score (nSPS) is 21.9. The molecule has 1 aromatic rings. The van der Waals surface area contributed by atoms with E-state index in [4.69, 9.17) is 12.2 Å². The fourth-order valence-corrected chi connectivity index (χ4v) is 2.90. The molecule has 1 aliphatic rings. The van der Waals surface area contributed by atoms with E-state index in [9.17, 15) is 13.2 Å². The van der Waals surface area contributed by atoms with Crippen LogP contribution in [-0.4, -0.2) is 35.2 Å². The Morgan fingerprint density at radius 3 is 2.39 bits per heavy atom. The molecule has 2 atom stereocenters. The van der Waals surface area contributed by atoms with Crippen LogP contribution in [0.2, 0.25) is 0 Å². The number of nitrogens with zero attached hydrogens (tertiary/aromatic N) is 3. The number of piperidine rings is 1. The van der Waals surface area contributed by atoms with Crippen molar-refractivity contribution < 1.29 is 13.2 Å². The molecular formula is C14H20F3N5S. The monoisotopic (exact) mass is 347 g/mol. The Balaban J connectivity index is 2.37. The molecule has 2 rings (SSSR count). The lowest BCUT2D eigenvalue weighted by molar-refractivity contribution is -0.141. The summed E-state index contributed by atoms with van der Waals surface area (Å²) in [6.45, 7) is 5.52. The topological polar surface area (TPSA) is 53.1 Å². The van der Waals surface area contributed by atoms with Crippen LogP contribution in [0.4, 0.5) is 24.9 Å². The number of hydrogen-bond donors (Lipinski definition) is 2. The van der Waals surface area contributed by atoms with Gasteiger partial charge in [0, 0.05) is 26.2 Å². The van der Waals surface area contributed by atoms with Gasteiger partial charge < -0.3 is 15.5 Å². The molecule has 0 aromatic carbocycles. The predicted octanol–water partition coefficient (Wildman–Crippen LogP) is 2.89. The molecule has 128 valence electrons. The van der Waals surface area contributed by atoms with Gasteiger partial charge in [-0.1, -0.05) is 13.8 Å². The summed E-state index contributed by atoms with van der Waals surface area (Å²) in [5.41, 5.74) is -0.977. The fraction of sp³-hybridized carbons (Fsp3) is 0.643. The van der Waals surface area contributed by atoms with E-state index in [1.54, 1.807) is 7.05 Å². The molecule has 23 heavy (non-hydrogen) atoms. The zero-order valence-electron chi connectivity index (χ0n) is 13.2. The molecule has 2 N–H and O–H groups in total. The highest BCUT2D eigenvalue weighted by molar-refractivity contribution is 7.80. The summed E-state index contributed by atoms with van der Waals surface area (Å²) in [7, 11) is 1.57. The molecule has 0 bridgehead atoms. The van der Waals surface area contributed by atoms with Gasteiger partial charge in [0.05, 0.1) is 0 Å². The first-order valence-electron chi connectivity index (χ1n) is 7.39. The molecule has 0 aliphatic carbocycles. The van der Waals surface area contributed by atoms with Crippen molar-refractivity contribution in [3.8, 4) is 0 Å². The second-order valence-corrected chi connectivity index (χ2v) is 6.40. The second kappa shape index (κ2) is 6.86. The fourth-order valence-electron chi connectivity index (χ4n) is 2.81. The number of anilines is 2. The Bertz CT molecular complexity index is 568. The van der Waals surface area contributed by atoms with Crippen LogP contribution >= 0.6 is 12.2 Å². The maximum Gasteiger partial charge on any atom is 0.433 e. The summed E-state index contributed by atoms with van der Waals surface area (Å²) in [6.07, 6.45) is -3.48. The van der Waals surface area contributed by atoms with Crippen molar-refractivity contribution in [3.63, 3.8) is 0 Å². The van der Waals surface area contributed by atoms with E-state index in [1.165, 1.54) is 0 Å². The molecule has 0 amide bonds. The van der Waals surface area contributed by atoms with Crippen molar-refractivity contribution in [1.82, 2.24) is 15.3 Å². The molecule has 1 fully saturated rings. The van der Waals surface area contributed by atoms with Crippen LogP contribution < -0.4 is 15.5 Å². The summed E-state index contributed by atoms with van der Waals surface area (Å²) in [6, 6.07) is 0.998. The zero-order valence-corrected chi connectivity index (χ0v) is 14.1. The van der Waals surface area contributed by atoms with Crippen LogP contribution in [0.25, 0.3) is 0 Å². The molecule has 9 heteroatoms.